The summed E-state index contributed by atoms with van der Waals surface area (Å²) in [5.41, 5.74) is 2.81. The summed E-state index contributed by atoms with van der Waals surface area (Å²) in [4.78, 5) is 2.33. The van der Waals surface area contributed by atoms with Crippen molar-refractivity contribution in [1.29, 1.82) is 0 Å². The number of phenols is 1. The molecule has 1 aliphatic rings. The molecule has 0 spiro atoms. The lowest BCUT2D eigenvalue weighted by Gasteiger charge is -2.35. The minimum absolute atomic E-state index is 0.272. The van der Waals surface area contributed by atoms with Crippen molar-refractivity contribution in [2.45, 2.75) is 6.92 Å². The van der Waals surface area contributed by atoms with Crippen LogP contribution in [0.2, 0.25) is 5.02 Å². The molecule has 1 aliphatic heterocycles. The van der Waals surface area contributed by atoms with E-state index in [4.69, 9.17) is 11.6 Å². The van der Waals surface area contributed by atoms with Crippen molar-refractivity contribution >= 4 is 23.0 Å². The Morgan fingerprint density at radius 3 is 2.30 bits per heavy atom. The maximum atomic E-state index is 9.91. The Balaban J connectivity index is 1.64. The summed E-state index contributed by atoms with van der Waals surface area (Å²) in [5, 5.41) is 17.4. The number of piperazine rings is 1. The van der Waals surface area contributed by atoms with Crippen molar-refractivity contribution in [2.75, 3.05) is 31.1 Å². The van der Waals surface area contributed by atoms with Crippen molar-refractivity contribution in [1.82, 2.24) is 5.01 Å². The lowest BCUT2D eigenvalue weighted by atomic mass is 10.1. The van der Waals surface area contributed by atoms with E-state index >= 15 is 0 Å². The molecule has 0 radical (unpaired) electrons. The van der Waals surface area contributed by atoms with Gasteiger partial charge in [-0.15, -0.1) is 0 Å². The van der Waals surface area contributed by atoms with Crippen LogP contribution in [0, 0.1) is 0 Å². The molecule has 0 saturated carbocycles. The van der Waals surface area contributed by atoms with Crippen molar-refractivity contribution in [3.63, 3.8) is 0 Å². The fourth-order valence-electron chi connectivity index (χ4n) is 2.75. The molecule has 0 bridgehead atoms. The Kier molecular flexibility index (Phi) is 4.72. The monoisotopic (exact) mass is 329 g/mol. The highest BCUT2D eigenvalue weighted by atomic mass is 35.5. The molecule has 4 nitrogen and oxygen atoms in total. The number of aromatic hydroxyl groups is 1. The number of halogens is 1. The van der Waals surface area contributed by atoms with E-state index in [0.717, 1.165) is 42.5 Å². The van der Waals surface area contributed by atoms with Crippen LogP contribution in [0.4, 0.5) is 5.69 Å². The standard InChI is InChI=1S/C18H20ClN3O/c1-14(17-4-2-3-5-18(17)23)20-22-12-10-21(11-13-22)16-8-6-15(19)7-9-16/h2-9,23H,10-13H2,1H3. The molecular weight excluding hydrogens is 310 g/mol. The van der Waals surface area contributed by atoms with Gasteiger partial charge in [0.1, 0.15) is 5.75 Å². The summed E-state index contributed by atoms with van der Waals surface area (Å²) in [6, 6.07) is 15.2. The highest BCUT2D eigenvalue weighted by Crippen LogP contribution is 2.20. The van der Waals surface area contributed by atoms with Crippen LogP contribution in [-0.2, 0) is 0 Å². The van der Waals surface area contributed by atoms with Crippen LogP contribution in [-0.4, -0.2) is 42.0 Å². The average molecular weight is 330 g/mol. The van der Waals surface area contributed by atoms with Gasteiger partial charge in [-0.2, -0.15) is 5.10 Å². The van der Waals surface area contributed by atoms with Gasteiger partial charge in [-0.05, 0) is 43.3 Å². The molecule has 0 aromatic heterocycles. The number of benzene rings is 2. The molecule has 1 heterocycles. The number of anilines is 1. The second-order valence-electron chi connectivity index (χ2n) is 5.62. The van der Waals surface area contributed by atoms with Gasteiger partial charge in [0.25, 0.3) is 0 Å². The normalized spacial score (nSPS) is 15.8. The molecule has 2 aromatic carbocycles. The van der Waals surface area contributed by atoms with E-state index in [-0.39, 0.29) is 5.75 Å². The van der Waals surface area contributed by atoms with Crippen LogP contribution in [0.5, 0.6) is 5.75 Å². The number of rotatable bonds is 3. The SMILES string of the molecule is CC(=NN1CCN(c2ccc(Cl)cc2)CC1)c1ccccc1O. The fraction of sp³-hybridized carbons (Fsp3) is 0.278. The van der Waals surface area contributed by atoms with E-state index < -0.39 is 0 Å². The lowest BCUT2D eigenvalue weighted by Crippen LogP contribution is -2.44. The van der Waals surface area contributed by atoms with Crippen molar-refractivity contribution < 1.29 is 5.11 Å². The predicted molar refractivity (Wildman–Crippen MR) is 95.6 cm³/mol. The van der Waals surface area contributed by atoms with E-state index in [9.17, 15) is 5.11 Å². The van der Waals surface area contributed by atoms with Gasteiger partial charge in [0.05, 0.1) is 18.8 Å². The number of para-hydroxylation sites is 1. The molecule has 2 aromatic rings. The van der Waals surface area contributed by atoms with Crippen molar-refractivity contribution in [3.05, 3.63) is 59.1 Å². The van der Waals surface area contributed by atoms with E-state index in [1.54, 1.807) is 6.07 Å². The Morgan fingerprint density at radius 2 is 1.65 bits per heavy atom. The molecule has 120 valence electrons. The highest BCUT2D eigenvalue weighted by molar-refractivity contribution is 6.30. The topological polar surface area (TPSA) is 39.1 Å². The summed E-state index contributed by atoms with van der Waals surface area (Å²) in [5.74, 6) is 0.272. The van der Waals surface area contributed by atoms with E-state index in [1.807, 2.05) is 37.3 Å². The average Bonchev–Trinajstić information content (AvgIpc) is 2.57. The first-order chi connectivity index (χ1) is 11.1. The van der Waals surface area contributed by atoms with E-state index in [0.29, 0.717) is 0 Å². The zero-order valence-electron chi connectivity index (χ0n) is 13.1. The van der Waals surface area contributed by atoms with Gasteiger partial charge in [-0.25, -0.2) is 0 Å². The third-order valence-corrected chi connectivity index (χ3v) is 4.29. The number of hydrazone groups is 1. The van der Waals surface area contributed by atoms with Gasteiger partial charge in [0.2, 0.25) is 0 Å². The Labute approximate surface area is 141 Å². The summed E-state index contributed by atoms with van der Waals surface area (Å²) >= 11 is 5.94. The molecule has 0 amide bonds. The van der Waals surface area contributed by atoms with Crippen LogP contribution < -0.4 is 4.90 Å². The Morgan fingerprint density at radius 1 is 1.00 bits per heavy atom. The Hall–Kier alpha value is -2.20. The molecule has 0 unspecified atom stereocenters. The third kappa shape index (κ3) is 3.77. The quantitative estimate of drug-likeness (QED) is 0.875. The maximum absolute atomic E-state index is 9.91. The van der Waals surface area contributed by atoms with E-state index in [1.165, 1.54) is 5.69 Å². The number of phenolic OH excluding ortho intramolecular Hbond substituents is 1. The maximum Gasteiger partial charge on any atom is 0.124 e. The molecule has 3 rings (SSSR count). The largest absolute Gasteiger partial charge is 0.507 e. The van der Waals surface area contributed by atoms with Gasteiger partial charge in [-0.1, -0.05) is 23.7 Å². The van der Waals surface area contributed by atoms with Crippen LogP contribution in [0.3, 0.4) is 0 Å². The summed E-state index contributed by atoms with van der Waals surface area (Å²) in [6.45, 7) is 5.47. The summed E-state index contributed by atoms with van der Waals surface area (Å²) in [6.07, 6.45) is 0. The number of hydrogen-bond donors (Lipinski definition) is 1. The van der Waals surface area contributed by atoms with Gasteiger partial charge in [-0.3, -0.25) is 5.01 Å². The predicted octanol–water partition coefficient (Wildman–Crippen LogP) is 3.59. The molecular formula is C18H20ClN3O. The first-order valence-corrected chi connectivity index (χ1v) is 8.10. The lowest BCUT2D eigenvalue weighted by molar-refractivity contribution is 0.270. The number of hydrogen-bond acceptors (Lipinski definition) is 4. The number of nitrogens with zero attached hydrogens (tertiary/aromatic N) is 3. The zero-order chi connectivity index (χ0) is 16.2. The van der Waals surface area contributed by atoms with Crippen LogP contribution in [0.25, 0.3) is 0 Å². The summed E-state index contributed by atoms with van der Waals surface area (Å²) < 4.78 is 0. The van der Waals surface area contributed by atoms with Crippen molar-refractivity contribution in [2.24, 2.45) is 5.10 Å². The molecule has 23 heavy (non-hydrogen) atoms. The Bertz CT molecular complexity index is 692. The van der Waals surface area contributed by atoms with Gasteiger partial charge < -0.3 is 10.0 Å². The fourth-order valence-corrected chi connectivity index (χ4v) is 2.88. The first-order valence-electron chi connectivity index (χ1n) is 7.72. The minimum atomic E-state index is 0.272. The third-order valence-electron chi connectivity index (χ3n) is 4.03. The molecule has 1 N–H and O–H groups in total. The first kappa shape index (κ1) is 15.7. The van der Waals surface area contributed by atoms with Gasteiger partial charge in [0.15, 0.2) is 0 Å². The molecule has 1 saturated heterocycles. The second-order valence-corrected chi connectivity index (χ2v) is 6.06. The molecule has 1 fully saturated rings. The summed E-state index contributed by atoms with van der Waals surface area (Å²) in [7, 11) is 0. The van der Waals surface area contributed by atoms with Crippen LogP contribution >= 0.6 is 11.6 Å². The minimum Gasteiger partial charge on any atom is -0.507 e. The molecule has 0 atom stereocenters. The molecule has 5 heteroatoms. The van der Waals surface area contributed by atoms with Crippen LogP contribution in [0.1, 0.15) is 12.5 Å². The molecule has 0 aliphatic carbocycles. The zero-order valence-corrected chi connectivity index (χ0v) is 13.9. The second kappa shape index (κ2) is 6.92. The van der Waals surface area contributed by atoms with E-state index in [2.05, 4.69) is 27.1 Å². The van der Waals surface area contributed by atoms with Crippen LogP contribution in [0.15, 0.2) is 53.6 Å². The van der Waals surface area contributed by atoms with Gasteiger partial charge >= 0.3 is 0 Å². The smallest absolute Gasteiger partial charge is 0.124 e. The highest BCUT2D eigenvalue weighted by Gasteiger charge is 2.16. The van der Waals surface area contributed by atoms with Crippen molar-refractivity contribution in [3.8, 4) is 5.75 Å². The van der Waals surface area contributed by atoms with Gasteiger partial charge in [0, 0.05) is 29.4 Å².